The van der Waals surface area contributed by atoms with Crippen molar-refractivity contribution in [3.05, 3.63) is 29.8 Å². The Morgan fingerprint density at radius 2 is 1.94 bits per heavy atom. The van der Waals surface area contributed by atoms with E-state index < -0.39 is 29.2 Å². The zero-order valence-electron chi connectivity index (χ0n) is 18.2. The van der Waals surface area contributed by atoms with Gasteiger partial charge in [0.2, 0.25) is 5.91 Å². The van der Waals surface area contributed by atoms with Gasteiger partial charge < -0.3 is 16.6 Å². The van der Waals surface area contributed by atoms with E-state index in [4.69, 9.17) is 11.5 Å². The molecule has 1 heterocycles. The topological polar surface area (TPSA) is 141 Å². The molecule has 0 aromatic heterocycles. The predicted octanol–water partition coefficient (Wildman–Crippen LogP) is 1.99. The molecule has 2 fully saturated rings. The summed E-state index contributed by atoms with van der Waals surface area (Å²) in [5, 5.41) is 19.5. The van der Waals surface area contributed by atoms with Crippen molar-refractivity contribution in [2.75, 3.05) is 13.1 Å². The Morgan fingerprint density at radius 3 is 2.45 bits per heavy atom. The molecule has 1 saturated heterocycles. The van der Waals surface area contributed by atoms with Crippen LogP contribution in [0, 0.1) is 23.2 Å². The molecule has 2 aliphatic rings. The Labute approximate surface area is 189 Å². The average Bonchev–Trinajstić information content (AvgIpc) is 2.71. The van der Waals surface area contributed by atoms with Crippen LogP contribution in [-0.2, 0) is 11.0 Å². The third kappa shape index (κ3) is 6.09. The minimum atomic E-state index is -4.47. The van der Waals surface area contributed by atoms with Gasteiger partial charge in [0.25, 0.3) is 0 Å². The van der Waals surface area contributed by atoms with Gasteiger partial charge in [0.05, 0.1) is 34.9 Å². The average molecular weight is 464 g/mol. The van der Waals surface area contributed by atoms with Crippen LogP contribution in [0.3, 0.4) is 0 Å². The monoisotopic (exact) mass is 464 g/mol. The molecule has 1 aromatic carbocycles. The second-order valence-electron chi connectivity index (χ2n) is 8.93. The molecule has 178 valence electrons. The predicted molar refractivity (Wildman–Crippen MR) is 117 cm³/mol. The number of carbonyl (C=O) groups excluding carboxylic acids is 1. The highest BCUT2D eigenvalue weighted by molar-refractivity contribution is 6.14. The van der Waals surface area contributed by atoms with Crippen LogP contribution in [0.4, 0.5) is 18.9 Å². The molecule has 0 radical (unpaired) electrons. The Kier molecular flexibility index (Phi) is 7.09. The maximum absolute atomic E-state index is 12.7. The maximum atomic E-state index is 12.7. The molecule has 4 unspecified atom stereocenters. The molecule has 1 aromatic rings. The van der Waals surface area contributed by atoms with E-state index in [1.54, 1.807) is 6.92 Å². The SMILES string of the molecule is CC1(O)CN(C2CCC(N=CC(C(N)=O)C(N)=Nc3ccc(C(F)(F)F)cc3)C(C#N)C2)C1. The second kappa shape index (κ2) is 9.49. The summed E-state index contributed by atoms with van der Waals surface area (Å²) in [5.74, 6) is -2.53. The first-order valence-electron chi connectivity index (χ1n) is 10.6. The van der Waals surface area contributed by atoms with Gasteiger partial charge in [0.1, 0.15) is 11.8 Å². The number of nitriles is 1. The molecule has 0 spiro atoms. The number of aliphatic imine (C=N–C) groups is 2. The second-order valence-corrected chi connectivity index (χ2v) is 8.93. The lowest BCUT2D eigenvalue weighted by Gasteiger charge is -2.50. The molecule has 1 saturated carbocycles. The number of amides is 1. The Morgan fingerprint density at radius 1 is 1.30 bits per heavy atom. The summed E-state index contributed by atoms with van der Waals surface area (Å²) >= 11 is 0. The van der Waals surface area contributed by atoms with E-state index in [1.165, 1.54) is 6.21 Å². The summed E-state index contributed by atoms with van der Waals surface area (Å²) in [5.41, 5.74) is 9.97. The van der Waals surface area contributed by atoms with Crippen molar-refractivity contribution in [1.82, 2.24) is 4.90 Å². The summed E-state index contributed by atoms with van der Waals surface area (Å²) in [4.78, 5) is 22.5. The molecule has 3 rings (SSSR count). The van der Waals surface area contributed by atoms with Gasteiger partial charge in [0, 0.05) is 25.3 Å². The first kappa shape index (κ1) is 24.7. The molecule has 1 aliphatic heterocycles. The first-order chi connectivity index (χ1) is 15.4. The van der Waals surface area contributed by atoms with Crippen LogP contribution < -0.4 is 11.5 Å². The number of aliphatic hydroxyl groups is 1. The molecule has 11 heteroatoms. The van der Waals surface area contributed by atoms with E-state index in [0.29, 0.717) is 25.9 Å². The molecule has 8 nitrogen and oxygen atoms in total. The molecule has 5 N–H and O–H groups in total. The number of primary amides is 1. The fraction of sp³-hybridized carbons (Fsp3) is 0.545. The summed E-state index contributed by atoms with van der Waals surface area (Å²) in [6.07, 6.45) is -1.17. The van der Waals surface area contributed by atoms with Crippen molar-refractivity contribution in [3.63, 3.8) is 0 Å². The molecule has 0 bridgehead atoms. The Bertz CT molecular complexity index is 960. The Hall–Kier alpha value is -2.97. The van der Waals surface area contributed by atoms with Crippen LogP contribution in [0.1, 0.15) is 31.7 Å². The third-order valence-corrected chi connectivity index (χ3v) is 6.06. The number of alkyl halides is 3. The minimum Gasteiger partial charge on any atom is -0.388 e. The lowest BCUT2D eigenvalue weighted by Crippen LogP contribution is -2.63. The van der Waals surface area contributed by atoms with Crippen molar-refractivity contribution >= 4 is 23.6 Å². The highest BCUT2D eigenvalue weighted by atomic mass is 19.4. The van der Waals surface area contributed by atoms with Crippen LogP contribution in [-0.4, -0.2) is 58.7 Å². The number of hydrogen-bond acceptors (Lipinski definition) is 6. The minimum absolute atomic E-state index is 0.140. The van der Waals surface area contributed by atoms with Gasteiger partial charge in [-0.05, 0) is 50.5 Å². The number of likely N-dealkylation sites (tertiary alicyclic amines) is 1. The summed E-state index contributed by atoms with van der Waals surface area (Å²) < 4.78 is 38.1. The van der Waals surface area contributed by atoms with Gasteiger partial charge >= 0.3 is 6.18 Å². The van der Waals surface area contributed by atoms with E-state index in [9.17, 15) is 28.3 Å². The molecule has 33 heavy (non-hydrogen) atoms. The van der Waals surface area contributed by atoms with Crippen molar-refractivity contribution in [2.24, 2.45) is 33.3 Å². The number of nitrogens with two attached hydrogens (primary N) is 2. The fourth-order valence-electron chi connectivity index (χ4n) is 4.30. The van der Waals surface area contributed by atoms with Crippen molar-refractivity contribution in [2.45, 2.75) is 50.0 Å². The zero-order valence-corrected chi connectivity index (χ0v) is 18.2. The van der Waals surface area contributed by atoms with E-state index in [1.807, 2.05) is 0 Å². The molecular weight excluding hydrogens is 437 g/mol. The van der Waals surface area contributed by atoms with Crippen molar-refractivity contribution < 1.29 is 23.1 Å². The summed E-state index contributed by atoms with van der Waals surface area (Å²) in [6.45, 7) is 2.93. The van der Waals surface area contributed by atoms with Crippen LogP contribution in [0.2, 0.25) is 0 Å². The zero-order chi connectivity index (χ0) is 24.4. The third-order valence-electron chi connectivity index (χ3n) is 6.06. The van der Waals surface area contributed by atoms with Gasteiger partial charge in [-0.3, -0.25) is 14.7 Å². The van der Waals surface area contributed by atoms with Gasteiger partial charge in [-0.15, -0.1) is 0 Å². The van der Waals surface area contributed by atoms with Crippen molar-refractivity contribution in [3.8, 4) is 6.07 Å². The lowest BCUT2D eigenvalue weighted by atomic mass is 9.79. The number of amidine groups is 1. The number of nitrogens with zero attached hydrogens (tertiary/aromatic N) is 4. The first-order valence-corrected chi connectivity index (χ1v) is 10.6. The molecular formula is C22H27F3N6O2. The maximum Gasteiger partial charge on any atom is 0.416 e. The van der Waals surface area contributed by atoms with E-state index >= 15 is 0 Å². The highest BCUT2D eigenvalue weighted by Crippen LogP contribution is 2.34. The number of halogens is 3. The van der Waals surface area contributed by atoms with Crippen molar-refractivity contribution in [1.29, 1.82) is 5.26 Å². The van der Waals surface area contributed by atoms with Crippen LogP contribution in [0.25, 0.3) is 0 Å². The number of hydrogen-bond donors (Lipinski definition) is 3. The normalized spacial score (nSPS) is 27.0. The van der Waals surface area contributed by atoms with Crippen LogP contribution in [0.5, 0.6) is 0 Å². The quantitative estimate of drug-likeness (QED) is 0.436. The van der Waals surface area contributed by atoms with Crippen LogP contribution >= 0.6 is 0 Å². The van der Waals surface area contributed by atoms with Gasteiger partial charge in [-0.25, -0.2) is 4.99 Å². The summed E-state index contributed by atoms with van der Waals surface area (Å²) in [7, 11) is 0. The number of β-amino-alcohol motifs (C(OH)–C–C–N with tert-alkyl or cyclic N) is 1. The standard InChI is InChI=1S/C22H27F3N6O2/c1-21(33)11-31(12-21)16-6-7-18(13(8-16)9-26)29-10-17(20(28)32)19(27)30-15-4-2-14(3-5-15)22(23,24)25/h2-5,10,13,16-18,33H,6-8,11-12H2,1H3,(H2,27,30)(H2,28,32). The number of rotatable bonds is 6. The lowest BCUT2D eigenvalue weighted by molar-refractivity contribution is -0.137. The van der Waals surface area contributed by atoms with E-state index in [-0.39, 0.29) is 29.5 Å². The van der Waals surface area contributed by atoms with Gasteiger partial charge in [0.15, 0.2) is 0 Å². The number of carbonyl (C=O) groups is 1. The molecule has 4 atom stereocenters. The Balaban J connectivity index is 1.67. The molecule has 1 aliphatic carbocycles. The van der Waals surface area contributed by atoms with Gasteiger partial charge in [-0.1, -0.05) is 0 Å². The fourth-order valence-corrected chi connectivity index (χ4v) is 4.30. The van der Waals surface area contributed by atoms with E-state index in [2.05, 4.69) is 21.0 Å². The highest BCUT2D eigenvalue weighted by Gasteiger charge is 2.43. The molecule has 1 amide bonds. The van der Waals surface area contributed by atoms with Gasteiger partial charge in [-0.2, -0.15) is 18.4 Å². The van der Waals surface area contributed by atoms with E-state index in [0.717, 1.165) is 30.7 Å². The smallest absolute Gasteiger partial charge is 0.388 e. The van der Waals surface area contributed by atoms with Crippen LogP contribution in [0.15, 0.2) is 34.3 Å². The largest absolute Gasteiger partial charge is 0.416 e. The summed E-state index contributed by atoms with van der Waals surface area (Å²) in [6, 6.07) is 6.15. The number of benzene rings is 1.